The summed E-state index contributed by atoms with van der Waals surface area (Å²) >= 11 is 0. The van der Waals surface area contributed by atoms with Crippen molar-refractivity contribution in [2.45, 2.75) is 38.2 Å². The van der Waals surface area contributed by atoms with Crippen LogP contribution >= 0.6 is 0 Å². The molecule has 3 aromatic rings. The molecule has 1 radical (unpaired) electrons. The minimum atomic E-state index is -1.05. The second kappa shape index (κ2) is 7.70. The molecular weight excluding hydrogens is 364 g/mol. The van der Waals surface area contributed by atoms with Crippen LogP contribution in [0.4, 0.5) is 0 Å². The fraction of sp³-hybridized carbons (Fsp3) is 0.240. The molecule has 0 spiro atoms. The fourth-order valence-electron chi connectivity index (χ4n) is 4.20. The third-order valence-electron chi connectivity index (χ3n) is 5.78. The van der Waals surface area contributed by atoms with Crippen molar-refractivity contribution in [1.29, 1.82) is 0 Å². The number of carboxylic acid groups (broad SMARTS) is 1. The average molecular weight is 387 g/mol. The van der Waals surface area contributed by atoms with Crippen molar-refractivity contribution >= 4 is 22.7 Å². The average Bonchev–Trinajstić information content (AvgIpc) is 2.74. The summed E-state index contributed by atoms with van der Waals surface area (Å²) in [7, 11) is 0. The Balaban J connectivity index is 1.76. The van der Waals surface area contributed by atoms with Gasteiger partial charge in [0.05, 0.1) is 11.1 Å². The van der Waals surface area contributed by atoms with Gasteiger partial charge < -0.3 is 9.84 Å². The van der Waals surface area contributed by atoms with E-state index in [4.69, 9.17) is 4.74 Å². The van der Waals surface area contributed by atoms with E-state index in [-0.39, 0.29) is 11.1 Å². The smallest absolute Gasteiger partial charge is 0.339 e. The lowest BCUT2D eigenvalue weighted by molar-refractivity contribution is -0.0359. The maximum absolute atomic E-state index is 13.1. The predicted octanol–water partition coefficient (Wildman–Crippen LogP) is 5.68. The predicted molar refractivity (Wildman–Crippen MR) is 112 cm³/mol. The van der Waals surface area contributed by atoms with Gasteiger partial charge in [0.1, 0.15) is 5.60 Å². The summed E-state index contributed by atoms with van der Waals surface area (Å²) < 4.78 is 6.18. The zero-order valence-electron chi connectivity index (χ0n) is 16.4. The molecule has 4 nitrogen and oxygen atoms in total. The first-order valence-corrected chi connectivity index (χ1v) is 9.87. The highest BCUT2D eigenvalue weighted by molar-refractivity contribution is 5.96. The molecule has 1 fully saturated rings. The van der Waals surface area contributed by atoms with Crippen molar-refractivity contribution in [2.24, 2.45) is 0 Å². The minimum Gasteiger partial charge on any atom is -0.478 e. The van der Waals surface area contributed by atoms with Gasteiger partial charge in [-0.3, -0.25) is 0 Å². The van der Waals surface area contributed by atoms with Gasteiger partial charge in [0, 0.05) is 5.56 Å². The van der Waals surface area contributed by atoms with Crippen LogP contribution in [0.3, 0.4) is 0 Å². The van der Waals surface area contributed by atoms with E-state index in [1.165, 1.54) is 6.07 Å². The summed E-state index contributed by atoms with van der Waals surface area (Å²) in [6, 6.07) is 18.9. The van der Waals surface area contributed by atoms with Crippen molar-refractivity contribution in [3.05, 3.63) is 89.3 Å². The largest absolute Gasteiger partial charge is 0.478 e. The standard InChI is InChI=1S/C25H23O4/c1-17-12-13-19(16-21(17)23(26)27)24(28)29-25(14-5-2-6-15-25)22-11-7-9-18-8-3-4-10-20(18)22/h2-4,7-13,16H,5-6,14-15H2,1H3,(H,26,27). The van der Waals surface area contributed by atoms with Crippen molar-refractivity contribution in [2.75, 3.05) is 0 Å². The molecule has 0 saturated heterocycles. The van der Waals surface area contributed by atoms with Gasteiger partial charge in [0.15, 0.2) is 0 Å². The van der Waals surface area contributed by atoms with Crippen LogP contribution in [0.25, 0.3) is 10.8 Å². The van der Waals surface area contributed by atoms with E-state index in [0.29, 0.717) is 18.4 Å². The fourth-order valence-corrected chi connectivity index (χ4v) is 4.20. The summed E-state index contributed by atoms with van der Waals surface area (Å²) in [6.07, 6.45) is 5.38. The Morgan fingerprint density at radius 3 is 2.45 bits per heavy atom. The first-order chi connectivity index (χ1) is 14.0. The van der Waals surface area contributed by atoms with E-state index in [9.17, 15) is 14.7 Å². The monoisotopic (exact) mass is 387 g/mol. The zero-order valence-corrected chi connectivity index (χ0v) is 16.4. The third kappa shape index (κ3) is 3.63. The molecule has 4 rings (SSSR count). The van der Waals surface area contributed by atoms with E-state index in [1.54, 1.807) is 19.1 Å². The zero-order chi connectivity index (χ0) is 20.4. The number of ether oxygens (including phenoxy) is 1. The molecule has 1 aliphatic rings. The number of hydrogen-bond donors (Lipinski definition) is 1. The lowest BCUT2D eigenvalue weighted by Gasteiger charge is -2.38. The minimum absolute atomic E-state index is 0.121. The number of esters is 1. The Morgan fingerprint density at radius 2 is 1.69 bits per heavy atom. The molecule has 0 amide bonds. The molecule has 0 aromatic heterocycles. The molecule has 0 heterocycles. The van der Waals surface area contributed by atoms with Crippen molar-refractivity contribution < 1.29 is 19.4 Å². The van der Waals surface area contributed by atoms with Crippen LogP contribution in [0.1, 0.15) is 57.5 Å². The van der Waals surface area contributed by atoms with Gasteiger partial charge in [-0.05, 0) is 67.5 Å². The highest BCUT2D eigenvalue weighted by Crippen LogP contribution is 2.43. The number of aromatic carboxylic acids is 1. The van der Waals surface area contributed by atoms with Gasteiger partial charge in [-0.15, -0.1) is 0 Å². The van der Waals surface area contributed by atoms with Gasteiger partial charge in [-0.2, -0.15) is 0 Å². The number of rotatable bonds is 4. The van der Waals surface area contributed by atoms with Crippen LogP contribution in [0.15, 0.2) is 60.7 Å². The summed E-state index contributed by atoms with van der Waals surface area (Å²) in [4.78, 5) is 24.5. The summed E-state index contributed by atoms with van der Waals surface area (Å²) in [6.45, 7) is 1.72. The second-order valence-electron chi connectivity index (χ2n) is 7.61. The first kappa shape index (κ1) is 19.2. The highest BCUT2D eigenvalue weighted by atomic mass is 16.6. The molecule has 1 N–H and O–H groups in total. The van der Waals surface area contributed by atoms with E-state index >= 15 is 0 Å². The van der Waals surface area contributed by atoms with Crippen LogP contribution in [0.5, 0.6) is 0 Å². The molecule has 3 aromatic carbocycles. The van der Waals surface area contributed by atoms with Gasteiger partial charge >= 0.3 is 11.9 Å². The topological polar surface area (TPSA) is 63.6 Å². The molecule has 0 aliphatic heterocycles. The normalized spacial score (nSPS) is 15.8. The molecule has 0 atom stereocenters. The number of carboxylic acids is 1. The van der Waals surface area contributed by atoms with E-state index in [2.05, 4.69) is 24.6 Å². The Kier molecular flexibility index (Phi) is 5.10. The molecule has 0 unspecified atom stereocenters. The number of carbonyl (C=O) groups excluding carboxylic acids is 1. The van der Waals surface area contributed by atoms with Crippen LogP contribution in [0.2, 0.25) is 0 Å². The third-order valence-corrected chi connectivity index (χ3v) is 5.78. The Hall–Kier alpha value is -3.14. The van der Waals surface area contributed by atoms with Gasteiger partial charge in [0.25, 0.3) is 0 Å². The summed E-state index contributed by atoms with van der Waals surface area (Å²) in [5.41, 5.74) is 1.30. The number of fused-ring (bicyclic) bond motifs is 1. The maximum atomic E-state index is 13.1. The molecular formula is C25H23O4. The Morgan fingerprint density at radius 1 is 0.966 bits per heavy atom. The van der Waals surface area contributed by atoms with Crippen LogP contribution in [-0.2, 0) is 10.3 Å². The molecule has 0 bridgehead atoms. The first-order valence-electron chi connectivity index (χ1n) is 9.87. The van der Waals surface area contributed by atoms with Crippen LogP contribution in [0, 0.1) is 13.3 Å². The van der Waals surface area contributed by atoms with Gasteiger partial charge in [0.2, 0.25) is 0 Å². The van der Waals surface area contributed by atoms with E-state index in [0.717, 1.165) is 29.2 Å². The molecule has 1 aliphatic carbocycles. The lowest BCUT2D eigenvalue weighted by atomic mass is 9.77. The number of carbonyl (C=O) groups is 2. The van der Waals surface area contributed by atoms with Gasteiger partial charge in [-0.25, -0.2) is 9.59 Å². The maximum Gasteiger partial charge on any atom is 0.339 e. The summed E-state index contributed by atoms with van der Waals surface area (Å²) in [5, 5.41) is 11.6. The lowest BCUT2D eigenvalue weighted by Crippen LogP contribution is -2.35. The van der Waals surface area contributed by atoms with Crippen molar-refractivity contribution in [3.63, 3.8) is 0 Å². The number of aryl methyl sites for hydroxylation is 1. The van der Waals surface area contributed by atoms with Crippen LogP contribution < -0.4 is 0 Å². The van der Waals surface area contributed by atoms with E-state index in [1.807, 2.05) is 24.3 Å². The van der Waals surface area contributed by atoms with Crippen molar-refractivity contribution in [1.82, 2.24) is 0 Å². The highest BCUT2D eigenvalue weighted by Gasteiger charge is 2.39. The SMILES string of the molecule is Cc1ccc(C(=O)OC2(c3cccc4ccccc34)CC[CH]CC2)cc1C(=O)O. The molecule has 29 heavy (non-hydrogen) atoms. The van der Waals surface area contributed by atoms with Crippen LogP contribution in [-0.4, -0.2) is 17.0 Å². The molecule has 147 valence electrons. The Bertz CT molecular complexity index is 1070. The van der Waals surface area contributed by atoms with Gasteiger partial charge in [-0.1, -0.05) is 48.5 Å². The van der Waals surface area contributed by atoms with E-state index < -0.39 is 17.5 Å². The summed E-state index contributed by atoms with van der Waals surface area (Å²) in [5.74, 6) is -1.53. The number of hydrogen-bond acceptors (Lipinski definition) is 3. The second-order valence-corrected chi connectivity index (χ2v) is 7.61. The quantitative estimate of drug-likeness (QED) is 0.585. The molecule has 1 saturated carbocycles. The Labute approximate surface area is 170 Å². The molecule has 4 heteroatoms. The number of benzene rings is 3. The van der Waals surface area contributed by atoms with Crippen molar-refractivity contribution in [3.8, 4) is 0 Å².